The zero-order valence-electron chi connectivity index (χ0n) is 10.7. The summed E-state index contributed by atoms with van der Waals surface area (Å²) in [6, 6.07) is 6.75. The van der Waals surface area contributed by atoms with Gasteiger partial charge in [-0.05, 0) is 52.3 Å². The van der Waals surface area contributed by atoms with Gasteiger partial charge < -0.3 is 0 Å². The number of rotatable bonds is 3. The molecule has 0 saturated carbocycles. The molecule has 0 aromatic heterocycles. The van der Waals surface area contributed by atoms with Crippen molar-refractivity contribution in [3.05, 3.63) is 58.3 Å². The van der Waals surface area contributed by atoms with Crippen LogP contribution in [0.4, 0.5) is 23.2 Å². The quantitative estimate of drug-likeness (QED) is 0.779. The van der Waals surface area contributed by atoms with E-state index in [9.17, 15) is 26.0 Å². The molecule has 3 nitrogen and oxygen atoms in total. The van der Waals surface area contributed by atoms with Gasteiger partial charge in [-0.1, -0.05) is 6.07 Å². The van der Waals surface area contributed by atoms with E-state index in [0.29, 0.717) is 6.07 Å². The van der Waals surface area contributed by atoms with E-state index in [4.69, 9.17) is 0 Å². The van der Waals surface area contributed by atoms with Gasteiger partial charge in [-0.25, -0.2) is 12.8 Å². The Balaban J connectivity index is 2.36. The van der Waals surface area contributed by atoms with Crippen molar-refractivity contribution >= 4 is 31.6 Å². The fourth-order valence-corrected chi connectivity index (χ4v) is 2.95. The first-order chi connectivity index (χ1) is 10.1. The Kier molecular flexibility index (Phi) is 4.48. The monoisotopic (exact) mass is 397 g/mol. The molecule has 22 heavy (non-hydrogen) atoms. The van der Waals surface area contributed by atoms with Crippen LogP contribution >= 0.6 is 15.9 Å². The van der Waals surface area contributed by atoms with Crippen molar-refractivity contribution < 1.29 is 26.0 Å². The standard InChI is InChI=1S/C13H8BrF4NO2S/c14-11-5-4-9(7-12(11)15)19-22(20,21)10-3-1-2-8(6-10)13(16,17)18/h1-7,19H. The minimum atomic E-state index is -4.66. The summed E-state index contributed by atoms with van der Waals surface area (Å²) < 4.78 is 77.5. The summed E-state index contributed by atoms with van der Waals surface area (Å²) in [5, 5.41) is 0. The first-order valence-electron chi connectivity index (χ1n) is 5.75. The Morgan fingerprint density at radius 3 is 2.32 bits per heavy atom. The minimum Gasteiger partial charge on any atom is -0.280 e. The lowest BCUT2D eigenvalue weighted by Gasteiger charge is -2.11. The molecule has 0 spiro atoms. The van der Waals surface area contributed by atoms with E-state index < -0.39 is 32.5 Å². The molecule has 0 aliphatic heterocycles. The summed E-state index contributed by atoms with van der Waals surface area (Å²) >= 11 is 2.91. The van der Waals surface area contributed by atoms with Gasteiger partial charge in [0.1, 0.15) is 5.82 Å². The van der Waals surface area contributed by atoms with Gasteiger partial charge in [0, 0.05) is 0 Å². The van der Waals surface area contributed by atoms with Crippen LogP contribution in [0.3, 0.4) is 0 Å². The van der Waals surface area contributed by atoms with E-state index in [1.54, 1.807) is 0 Å². The molecule has 0 aliphatic rings. The summed E-state index contributed by atoms with van der Waals surface area (Å²) in [7, 11) is -4.26. The average molecular weight is 398 g/mol. The lowest BCUT2D eigenvalue weighted by molar-refractivity contribution is -0.137. The zero-order valence-corrected chi connectivity index (χ0v) is 13.1. The molecule has 0 saturated heterocycles. The maximum absolute atomic E-state index is 13.3. The third-order valence-electron chi connectivity index (χ3n) is 2.64. The van der Waals surface area contributed by atoms with Gasteiger partial charge in [-0.3, -0.25) is 4.72 Å². The lowest BCUT2D eigenvalue weighted by Crippen LogP contribution is -2.14. The first-order valence-corrected chi connectivity index (χ1v) is 8.02. The summed E-state index contributed by atoms with van der Waals surface area (Å²) in [4.78, 5) is -0.564. The van der Waals surface area contributed by atoms with Gasteiger partial charge in [-0.15, -0.1) is 0 Å². The van der Waals surface area contributed by atoms with Crippen LogP contribution in [-0.4, -0.2) is 8.42 Å². The number of hydrogen-bond donors (Lipinski definition) is 1. The molecule has 2 aromatic carbocycles. The van der Waals surface area contributed by atoms with E-state index in [-0.39, 0.29) is 10.2 Å². The van der Waals surface area contributed by atoms with Gasteiger partial charge in [0.15, 0.2) is 0 Å². The highest BCUT2D eigenvalue weighted by Gasteiger charge is 2.31. The van der Waals surface area contributed by atoms with Crippen LogP contribution in [0, 0.1) is 5.82 Å². The fourth-order valence-electron chi connectivity index (χ4n) is 1.61. The molecule has 0 amide bonds. The SMILES string of the molecule is O=S(=O)(Nc1ccc(Br)c(F)c1)c1cccc(C(F)(F)F)c1. The molecule has 2 aromatic rings. The number of alkyl halides is 3. The normalized spacial score (nSPS) is 12.2. The van der Waals surface area contributed by atoms with Gasteiger partial charge in [-0.2, -0.15) is 13.2 Å². The van der Waals surface area contributed by atoms with Crippen LogP contribution < -0.4 is 4.72 Å². The van der Waals surface area contributed by atoms with Crippen LogP contribution in [0.1, 0.15) is 5.56 Å². The summed E-state index contributed by atoms with van der Waals surface area (Å²) in [6.45, 7) is 0. The van der Waals surface area contributed by atoms with Gasteiger partial charge >= 0.3 is 6.18 Å². The van der Waals surface area contributed by atoms with Crippen LogP contribution in [0.5, 0.6) is 0 Å². The third kappa shape index (κ3) is 3.77. The summed E-state index contributed by atoms with van der Waals surface area (Å²) in [5.41, 5.74) is -1.18. The maximum Gasteiger partial charge on any atom is 0.416 e. The smallest absolute Gasteiger partial charge is 0.280 e. The van der Waals surface area contributed by atoms with E-state index in [0.717, 1.165) is 24.3 Å². The molecule has 0 bridgehead atoms. The van der Waals surface area contributed by atoms with E-state index in [1.165, 1.54) is 12.1 Å². The number of halogens is 5. The largest absolute Gasteiger partial charge is 0.416 e. The van der Waals surface area contributed by atoms with E-state index in [1.807, 2.05) is 4.72 Å². The van der Waals surface area contributed by atoms with E-state index >= 15 is 0 Å². The molecule has 0 radical (unpaired) electrons. The number of nitrogens with one attached hydrogen (secondary N) is 1. The Morgan fingerprint density at radius 1 is 1.05 bits per heavy atom. The number of anilines is 1. The lowest BCUT2D eigenvalue weighted by atomic mass is 10.2. The van der Waals surface area contributed by atoms with Gasteiger partial charge in [0.25, 0.3) is 10.0 Å². The van der Waals surface area contributed by atoms with Crippen molar-refractivity contribution in [2.75, 3.05) is 4.72 Å². The molecule has 2 rings (SSSR count). The molecule has 118 valence electrons. The predicted octanol–water partition coefficient (Wildman–Crippen LogP) is 4.41. The molecule has 0 fully saturated rings. The highest BCUT2D eigenvalue weighted by Crippen LogP contribution is 2.31. The number of hydrogen-bond acceptors (Lipinski definition) is 2. The molecule has 9 heteroatoms. The predicted molar refractivity (Wildman–Crippen MR) is 76.4 cm³/mol. The zero-order chi connectivity index (χ0) is 16.5. The molecule has 0 aliphatic carbocycles. The second kappa shape index (κ2) is 5.88. The van der Waals surface area contributed by atoms with Crippen LogP contribution in [0.15, 0.2) is 51.8 Å². The molecule has 0 atom stereocenters. The van der Waals surface area contributed by atoms with Gasteiger partial charge in [0.2, 0.25) is 0 Å². The molecule has 1 N–H and O–H groups in total. The Hall–Kier alpha value is -1.61. The van der Waals surface area contributed by atoms with Crippen LogP contribution in [0.2, 0.25) is 0 Å². The Bertz CT molecular complexity index is 806. The van der Waals surface area contributed by atoms with Crippen molar-refractivity contribution in [3.8, 4) is 0 Å². The van der Waals surface area contributed by atoms with E-state index in [2.05, 4.69) is 15.9 Å². The van der Waals surface area contributed by atoms with Crippen LogP contribution in [-0.2, 0) is 16.2 Å². The summed E-state index contributed by atoms with van der Waals surface area (Å²) in [5.74, 6) is -0.704. The third-order valence-corrected chi connectivity index (χ3v) is 4.67. The molecule has 0 unspecified atom stereocenters. The fraction of sp³-hybridized carbons (Fsp3) is 0.0769. The highest BCUT2D eigenvalue weighted by atomic mass is 79.9. The molecular weight excluding hydrogens is 390 g/mol. The van der Waals surface area contributed by atoms with Crippen molar-refractivity contribution in [2.45, 2.75) is 11.1 Å². The Labute approximate surface area is 132 Å². The van der Waals surface area contributed by atoms with Crippen molar-refractivity contribution in [3.63, 3.8) is 0 Å². The minimum absolute atomic E-state index is 0.0990. The second-order valence-corrected chi connectivity index (χ2v) is 6.80. The molecular formula is C13H8BrF4NO2S. The van der Waals surface area contributed by atoms with Crippen molar-refractivity contribution in [1.29, 1.82) is 0 Å². The number of sulfonamides is 1. The van der Waals surface area contributed by atoms with Crippen LogP contribution in [0.25, 0.3) is 0 Å². The Morgan fingerprint density at radius 2 is 1.73 bits per heavy atom. The highest BCUT2D eigenvalue weighted by molar-refractivity contribution is 9.10. The van der Waals surface area contributed by atoms with Crippen molar-refractivity contribution in [1.82, 2.24) is 0 Å². The summed E-state index contributed by atoms with van der Waals surface area (Å²) in [6.07, 6.45) is -4.66. The second-order valence-electron chi connectivity index (χ2n) is 4.26. The van der Waals surface area contributed by atoms with Crippen molar-refractivity contribution in [2.24, 2.45) is 0 Å². The first kappa shape index (κ1) is 16.8. The van der Waals surface area contributed by atoms with Gasteiger partial charge in [0.05, 0.1) is 20.6 Å². The molecule has 0 heterocycles. The topological polar surface area (TPSA) is 46.2 Å². The average Bonchev–Trinajstić information content (AvgIpc) is 2.42. The maximum atomic E-state index is 13.3. The number of benzene rings is 2.